The van der Waals surface area contributed by atoms with Gasteiger partial charge in [-0.2, -0.15) is 0 Å². The van der Waals surface area contributed by atoms with E-state index in [2.05, 4.69) is 5.43 Å². The van der Waals surface area contributed by atoms with Crippen LogP contribution >= 0.6 is 0 Å². The Morgan fingerprint density at radius 1 is 1.28 bits per heavy atom. The van der Waals surface area contributed by atoms with Crippen LogP contribution in [0.4, 0.5) is 4.39 Å². The van der Waals surface area contributed by atoms with Crippen molar-refractivity contribution in [2.75, 3.05) is 13.2 Å². The van der Waals surface area contributed by atoms with Crippen molar-refractivity contribution in [2.24, 2.45) is 5.84 Å². The second-order valence-corrected chi connectivity index (χ2v) is 3.93. The van der Waals surface area contributed by atoms with E-state index in [0.717, 1.165) is 5.56 Å². The van der Waals surface area contributed by atoms with Crippen molar-refractivity contribution >= 4 is 0 Å². The van der Waals surface area contributed by atoms with Crippen LogP contribution in [0.3, 0.4) is 0 Å². The fraction of sp³-hybridized carbons (Fsp3) is 0.538. The first-order chi connectivity index (χ1) is 8.63. The quantitative estimate of drug-likeness (QED) is 0.445. The number of ether oxygens (including phenoxy) is 2. The number of rotatable bonds is 7. The molecular weight excluding hydrogens is 235 g/mol. The maximum Gasteiger partial charge on any atom is 0.178 e. The standard InChI is InChI=1S/C13H21FN2O2/c1-4-17-13(18-5-2)12(16-15)10-6-7-11(14)9(3)8-10/h6-8,12-13,16H,4-5,15H2,1-3H3. The van der Waals surface area contributed by atoms with Crippen molar-refractivity contribution in [3.63, 3.8) is 0 Å². The highest BCUT2D eigenvalue weighted by atomic mass is 19.1. The van der Waals surface area contributed by atoms with Crippen LogP contribution in [0, 0.1) is 12.7 Å². The highest BCUT2D eigenvalue weighted by Crippen LogP contribution is 2.22. The molecule has 0 spiro atoms. The Hall–Kier alpha value is -1.01. The smallest absolute Gasteiger partial charge is 0.178 e. The number of benzene rings is 1. The molecule has 0 saturated heterocycles. The van der Waals surface area contributed by atoms with Crippen LogP contribution in [0.2, 0.25) is 0 Å². The van der Waals surface area contributed by atoms with Gasteiger partial charge in [0.2, 0.25) is 0 Å². The van der Waals surface area contributed by atoms with Gasteiger partial charge in [-0.25, -0.2) is 9.82 Å². The maximum atomic E-state index is 13.2. The summed E-state index contributed by atoms with van der Waals surface area (Å²) >= 11 is 0. The van der Waals surface area contributed by atoms with E-state index in [1.54, 1.807) is 19.1 Å². The van der Waals surface area contributed by atoms with Crippen LogP contribution < -0.4 is 11.3 Å². The number of hydrogen-bond donors (Lipinski definition) is 2. The molecule has 1 aromatic carbocycles. The molecule has 0 aliphatic heterocycles. The van der Waals surface area contributed by atoms with Crippen LogP contribution in [-0.2, 0) is 9.47 Å². The molecule has 0 fully saturated rings. The second kappa shape index (κ2) is 7.43. The third kappa shape index (κ3) is 3.74. The van der Waals surface area contributed by atoms with Crippen molar-refractivity contribution in [1.29, 1.82) is 0 Å². The van der Waals surface area contributed by atoms with Gasteiger partial charge in [-0.05, 0) is 38.0 Å². The zero-order chi connectivity index (χ0) is 13.5. The Labute approximate surface area is 107 Å². The van der Waals surface area contributed by atoms with E-state index in [1.165, 1.54) is 6.07 Å². The normalized spacial score (nSPS) is 13.0. The molecule has 0 heterocycles. The molecule has 1 rings (SSSR count). The topological polar surface area (TPSA) is 56.5 Å². The predicted octanol–water partition coefficient (Wildman–Crippen LogP) is 2.04. The molecule has 18 heavy (non-hydrogen) atoms. The predicted molar refractivity (Wildman–Crippen MR) is 68.2 cm³/mol. The maximum absolute atomic E-state index is 13.2. The molecule has 1 unspecified atom stereocenters. The van der Waals surface area contributed by atoms with Gasteiger partial charge < -0.3 is 9.47 Å². The molecular formula is C13H21FN2O2. The SMILES string of the molecule is CCOC(OCC)C(NN)c1ccc(F)c(C)c1. The molecule has 102 valence electrons. The van der Waals surface area contributed by atoms with E-state index in [0.29, 0.717) is 18.8 Å². The van der Waals surface area contributed by atoms with Crippen LogP contribution in [0.25, 0.3) is 0 Å². The molecule has 0 aliphatic carbocycles. The van der Waals surface area contributed by atoms with E-state index >= 15 is 0 Å². The van der Waals surface area contributed by atoms with E-state index < -0.39 is 6.29 Å². The molecule has 0 aliphatic rings. The summed E-state index contributed by atoms with van der Waals surface area (Å²) in [6, 6.07) is 4.51. The van der Waals surface area contributed by atoms with Crippen molar-refractivity contribution in [3.8, 4) is 0 Å². The first-order valence-electron chi connectivity index (χ1n) is 6.09. The molecule has 1 aromatic rings. The minimum atomic E-state index is -0.491. The van der Waals surface area contributed by atoms with Crippen molar-refractivity contribution in [2.45, 2.75) is 33.1 Å². The van der Waals surface area contributed by atoms with Gasteiger partial charge in [0.15, 0.2) is 6.29 Å². The first-order valence-corrected chi connectivity index (χ1v) is 6.09. The van der Waals surface area contributed by atoms with E-state index in [9.17, 15) is 4.39 Å². The highest BCUT2D eigenvalue weighted by Gasteiger charge is 2.23. The number of nitrogens with two attached hydrogens (primary N) is 1. The van der Waals surface area contributed by atoms with Crippen LogP contribution in [0.1, 0.15) is 31.0 Å². The Bertz CT molecular complexity index is 368. The number of nitrogens with one attached hydrogen (secondary N) is 1. The lowest BCUT2D eigenvalue weighted by molar-refractivity contribution is -0.155. The van der Waals surface area contributed by atoms with E-state index in [-0.39, 0.29) is 11.9 Å². The summed E-state index contributed by atoms with van der Waals surface area (Å²) in [4.78, 5) is 0. The summed E-state index contributed by atoms with van der Waals surface area (Å²) in [6.45, 7) is 6.51. The fourth-order valence-electron chi connectivity index (χ4n) is 1.76. The molecule has 3 N–H and O–H groups in total. The van der Waals surface area contributed by atoms with Crippen LogP contribution in [-0.4, -0.2) is 19.5 Å². The Morgan fingerprint density at radius 2 is 1.89 bits per heavy atom. The van der Waals surface area contributed by atoms with Crippen molar-refractivity contribution in [3.05, 3.63) is 35.1 Å². The average Bonchev–Trinajstić information content (AvgIpc) is 2.35. The molecule has 0 saturated carbocycles. The number of hydrogen-bond acceptors (Lipinski definition) is 4. The minimum Gasteiger partial charge on any atom is -0.351 e. The molecule has 1 atom stereocenters. The highest BCUT2D eigenvalue weighted by molar-refractivity contribution is 5.26. The second-order valence-electron chi connectivity index (χ2n) is 3.93. The average molecular weight is 256 g/mol. The summed E-state index contributed by atoms with van der Waals surface area (Å²) < 4.78 is 24.3. The van der Waals surface area contributed by atoms with Crippen LogP contribution in [0.15, 0.2) is 18.2 Å². The zero-order valence-corrected chi connectivity index (χ0v) is 11.1. The number of aryl methyl sites for hydroxylation is 1. The lowest BCUT2D eigenvalue weighted by Gasteiger charge is -2.26. The Kier molecular flexibility index (Phi) is 6.21. The number of halogens is 1. The Morgan fingerprint density at radius 3 is 2.33 bits per heavy atom. The summed E-state index contributed by atoms with van der Waals surface area (Å²) in [5.74, 6) is 5.31. The van der Waals surface area contributed by atoms with Gasteiger partial charge in [-0.1, -0.05) is 12.1 Å². The van der Waals surface area contributed by atoms with Gasteiger partial charge >= 0.3 is 0 Å². The lowest BCUT2D eigenvalue weighted by Crippen LogP contribution is -2.39. The van der Waals surface area contributed by atoms with E-state index in [1.807, 2.05) is 13.8 Å². The third-order valence-electron chi connectivity index (χ3n) is 2.65. The summed E-state index contributed by atoms with van der Waals surface area (Å²) in [5.41, 5.74) is 4.07. The van der Waals surface area contributed by atoms with Gasteiger partial charge in [0.05, 0.1) is 6.04 Å². The van der Waals surface area contributed by atoms with Crippen molar-refractivity contribution in [1.82, 2.24) is 5.43 Å². The molecule has 0 aromatic heterocycles. The van der Waals surface area contributed by atoms with Crippen LogP contribution in [0.5, 0.6) is 0 Å². The molecule has 4 nitrogen and oxygen atoms in total. The third-order valence-corrected chi connectivity index (χ3v) is 2.65. The molecule has 0 amide bonds. The minimum absolute atomic E-state index is 0.237. The summed E-state index contributed by atoms with van der Waals surface area (Å²) in [6.07, 6.45) is -0.491. The largest absolute Gasteiger partial charge is 0.351 e. The number of hydrazine groups is 1. The van der Waals surface area contributed by atoms with E-state index in [4.69, 9.17) is 15.3 Å². The monoisotopic (exact) mass is 256 g/mol. The van der Waals surface area contributed by atoms with Gasteiger partial charge in [0.1, 0.15) is 5.82 Å². The fourth-order valence-corrected chi connectivity index (χ4v) is 1.76. The van der Waals surface area contributed by atoms with Gasteiger partial charge in [0, 0.05) is 13.2 Å². The molecule has 0 bridgehead atoms. The van der Waals surface area contributed by atoms with Gasteiger partial charge in [-0.15, -0.1) is 0 Å². The molecule has 5 heteroatoms. The summed E-state index contributed by atoms with van der Waals surface area (Å²) in [7, 11) is 0. The first kappa shape index (κ1) is 15.0. The summed E-state index contributed by atoms with van der Waals surface area (Å²) in [5, 5.41) is 0. The lowest BCUT2D eigenvalue weighted by atomic mass is 10.0. The zero-order valence-electron chi connectivity index (χ0n) is 11.1. The van der Waals surface area contributed by atoms with Gasteiger partial charge in [0.25, 0.3) is 0 Å². The molecule has 0 radical (unpaired) electrons. The van der Waals surface area contributed by atoms with Gasteiger partial charge in [-0.3, -0.25) is 5.84 Å². The van der Waals surface area contributed by atoms with Crippen molar-refractivity contribution < 1.29 is 13.9 Å². The Balaban J connectivity index is 2.94.